The molecule has 4 aromatic carbocycles. The van der Waals surface area contributed by atoms with Crippen LogP contribution in [-0.4, -0.2) is 23.0 Å². The first-order valence-corrected chi connectivity index (χ1v) is 12.5. The van der Waals surface area contributed by atoms with Crippen LogP contribution in [0.3, 0.4) is 0 Å². The van der Waals surface area contributed by atoms with Crippen molar-refractivity contribution in [1.29, 1.82) is 0 Å². The van der Waals surface area contributed by atoms with Crippen LogP contribution in [-0.2, 0) is 21.4 Å². The van der Waals surface area contributed by atoms with E-state index in [2.05, 4.69) is 27.9 Å². The first-order chi connectivity index (χ1) is 17.0. The van der Waals surface area contributed by atoms with E-state index in [4.69, 9.17) is 0 Å². The molecule has 0 unspecified atom stereocenters. The molecule has 176 valence electrons. The number of hydrogen-bond donors (Lipinski definition) is 2. The van der Waals surface area contributed by atoms with Gasteiger partial charge in [0.15, 0.2) is 0 Å². The molecule has 0 aliphatic rings. The number of carboxylic acid groups (broad SMARTS) is 1. The van der Waals surface area contributed by atoms with E-state index < -0.39 is 17.4 Å². The van der Waals surface area contributed by atoms with Crippen molar-refractivity contribution in [2.45, 2.75) is 24.3 Å². The molecule has 1 amide bonds. The van der Waals surface area contributed by atoms with E-state index in [-0.39, 0.29) is 18.7 Å². The van der Waals surface area contributed by atoms with Crippen LogP contribution in [0.4, 0.5) is 0 Å². The molecular formula is C30H26INO3. The second kappa shape index (κ2) is 11.3. The van der Waals surface area contributed by atoms with E-state index in [9.17, 15) is 14.7 Å². The van der Waals surface area contributed by atoms with E-state index in [1.807, 2.05) is 115 Å². The molecule has 0 aliphatic carbocycles. The number of amides is 1. The Morgan fingerprint density at radius 1 is 0.743 bits per heavy atom. The molecular weight excluding hydrogens is 549 g/mol. The molecule has 0 heterocycles. The molecule has 0 fully saturated rings. The largest absolute Gasteiger partial charge is 0.480 e. The van der Waals surface area contributed by atoms with E-state index in [0.29, 0.717) is 0 Å². The van der Waals surface area contributed by atoms with Gasteiger partial charge in [0.1, 0.15) is 6.04 Å². The Morgan fingerprint density at radius 2 is 1.23 bits per heavy atom. The molecule has 35 heavy (non-hydrogen) atoms. The van der Waals surface area contributed by atoms with Gasteiger partial charge in [0.2, 0.25) is 5.91 Å². The Bertz CT molecular complexity index is 1180. The highest BCUT2D eigenvalue weighted by Crippen LogP contribution is 2.42. The quantitative estimate of drug-likeness (QED) is 0.195. The summed E-state index contributed by atoms with van der Waals surface area (Å²) in [6.45, 7) is 0. The van der Waals surface area contributed by atoms with Crippen molar-refractivity contribution >= 4 is 34.5 Å². The average Bonchev–Trinajstić information content (AvgIpc) is 2.88. The topological polar surface area (TPSA) is 66.4 Å². The number of carbonyl (C=O) groups excluding carboxylic acids is 1. The van der Waals surface area contributed by atoms with Gasteiger partial charge in [0.05, 0.1) is 5.41 Å². The lowest BCUT2D eigenvalue weighted by atomic mass is 9.67. The summed E-state index contributed by atoms with van der Waals surface area (Å²) in [5.74, 6) is -1.37. The van der Waals surface area contributed by atoms with Gasteiger partial charge in [-0.3, -0.25) is 4.79 Å². The lowest BCUT2D eigenvalue weighted by Gasteiger charge is -2.36. The molecule has 4 nitrogen and oxygen atoms in total. The summed E-state index contributed by atoms with van der Waals surface area (Å²) < 4.78 is 1.02. The SMILES string of the molecule is O=C(CC(c1ccccc1)(c1ccccc1)c1ccccc1)N[C@H](Cc1cccc(I)c1)C(=O)O. The number of carbonyl (C=O) groups is 2. The van der Waals surface area contributed by atoms with E-state index in [0.717, 1.165) is 25.8 Å². The smallest absolute Gasteiger partial charge is 0.326 e. The van der Waals surface area contributed by atoms with Crippen LogP contribution in [0.15, 0.2) is 115 Å². The van der Waals surface area contributed by atoms with Gasteiger partial charge >= 0.3 is 5.97 Å². The number of hydrogen-bond acceptors (Lipinski definition) is 2. The Morgan fingerprint density at radius 3 is 1.66 bits per heavy atom. The molecule has 4 rings (SSSR count). The fourth-order valence-electron chi connectivity index (χ4n) is 4.56. The van der Waals surface area contributed by atoms with Gasteiger partial charge in [-0.05, 0) is 57.0 Å². The predicted octanol–water partition coefficient (Wildman–Crippen LogP) is 5.83. The molecule has 0 aromatic heterocycles. The average molecular weight is 575 g/mol. The standard InChI is InChI=1S/C30H26INO3/c31-26-18-10-11-22(19-26)20-27(29(34)35)32-28(33)21-30(23-12-4-1-5-13-23,24-14-6-2-7-15-24)25-16-8-3-9-17-25/h1-19,27H,20-21H2,(H,32,33)(H,34,35)/t27-/m1/s1. The summed E-state index contributed by atoms with van der Waals surface area (Å²) in [7, 11) is 0. The lowest BCUT2D eigenvalue weighted by Crippen LogP contribution is -2.45. The molecule has 0 bridgehead atoms. The fourth-order valence-corrected chi connectivity index (χ4v) is 5.17. The summed E-state index contributed by atoms with van der Waals surface area (Å²) >= 11 is 2.20. The summed E-state index contributed by atoms with van der Waals surface area (Å²) in [5, 5.41) is 12.7. The first-order valence-electron chi connectivity index (χ1n) is 11.4. The van der Waals surface area contributed by atoms with Crippen LogP contribution in [0.2, 0.25) is 0 Å². The molecule has 0 saturated carbocycles. The zero-order valence-corrected chi connectivity index (χ0v) is 21.3. The van der Waals surface area contributed by atoms with E-state index in [1.54, 1.807) is 0 Å². The van der Waals surface area contributed by atoms with Gasteiger partial charge in [-0.25, -0.2) is 4.79 Å². The van der Waals surface area contributed by atoms with Crippen LogP contribution in [0.5, 0.6) is 0 Å². The number of nitrogens with one attached hydrogen (secondary N) is 1. The molecule has 4 aromatic rings. The monoisotopic (exact) mass is 575 g/mol. The van der Waals surface area contributed by atoms with Crippen LogP contribution >= 0.6 is 22.6 Å². The van der Waals surface area contributed by atoms with Crippen molar-refractivity contribution in [2.75, 3.05) is 0 Å². The van der Waals surface area contributed by atoms with Crippen molar-refractivity contribution in [2.24, 2.45) is 0 Å². The van der Waals surface area contributed by atoms with Crippen LogP contribution < -0.4 is 5.32 Å². The first kappa shape index (κ1) is 24.7. The third-order valence-corrected chi connectivity index (χ3v) is 6.86. The van der Waals surface area contributed by atoms with E-state index >= 15 is 0 Å². The van der Waals surface area contributed by atoms with Crippen LogP contribution in [0.25, 0.3) is 0 Å². The third kappa shape index (κ3) is 5.80. The van der Waals surface area contributed by atoms with Crippen molar-refractivity contribution in [3.8, 4) is 0 Å². The second-order valence-corrected chi connectivity index (χ2v) is 9.72. The van der Waals surface area contributed by atoms with Crippen molar-refractivity contribution in [3.05, 3.63) is 141 Å². The van der Waals surface area contributed by atoms with E-state index in [1.165, 1.54) is 0 Å². The minimum atomic E-state index is -1.05. The molecule has 5 heteroatoms. The minimum Gasteiger partial charge on any atom is -0.480 e. The molecule has 0 aliphatic heterocycles. The maximum absolute atomic E-state index is 13.6. The summed E-state index contributed by atoms with van der Waals surface area (Å²) in [5.41, 5.74) is 3.00. The maximum Gasteiger partial charge on any atom is 0.326 e. The molecule has 1 atom stereocenters. The molecule has 0 spiro atoms. The number of aliphatic carboxylic acids is 1. The zero-order chi connectivity index (χ0) is 24.7. The molecule has 0 saturated heterocycles. The van der Waals surface area contributed by atoms with Crippen molar-refractivity contribution in [1.82, 2.24) is 5.32 Å². The molecule has 0 radical (unpaired) electrons. The Balaban J connectivity index is 1.73. The summed E-state index contributed by atoms with van der Waals surface area (Å²) in [6, 6.07) is 36.4. The number of carboxylic acids is 1. The van der Waals surface area contributed by atoms with Crippen molar-refractivity contribution in [3.63, 3.8) is 0 Å². The van der Waals surface area contributed by atoms with Gasteiger partial charge in [0, 0.05) is 16.4 Å². The highest BCUT2D eigenvalue weighted by molar-refractivity contribution is 14.1. The number of rotatable bonds is 9. The number of benzene rings is 4. The normalized spacial score (nSPS) is 12.0. The second-order valence-electron chi connectivity index (χ2n) is 8.47. The Kier molecular flexibility index (Phi) is 7.98. The van der Waals surface area contributed by atoms with Gasteiger partial charge in [-0.2, -0.15) is 0 Å². The van der Waals surface area contributed by atoms with Gasteiger partial charge < -0.3 is 10.4 Å². The summed E-state index contributed by atoms with van der Waals surface area (Å²) in [6.07, 6.45) is 0.286. The highest BCUT2D eigenvalue weighted by Gasteiger charge is 2.39. The Labute approximate surface area is 219 Å². The summed E-state index contributed by atoms with van der Waals surface area (Å²) in [4.78, 5) is 25.7. The van der Waals surface area contributed by atoms with Gasteiger partial charge in [-0.1, -0.05) is 103 Å². The lowest BCUT2D eigenvalue weighted by molar-refractivity contribution is -0.141. The maximum atomic E-state index is 13.6. The zero-order valence-electron chi connectivity index (χ0n) is 19.1. The fraction of sp³-hybridized carbons (Fsp3) is 0.133. The predicted molar refractivity (Wildman–Crippen MR) is 146 cm³/mol. The van der Waals surface area contributed by atoms with Crippen molar-refractivity contribution < 1.29 is 14.7 Å². The van der Waals surface area contributed by atoms with Gasteiger partial charge in [0.25, 0.3) is 0 Å². The molecule has 2 N–H and O–H groups in total. The van der Waals surface area contributed by atoms with Gasteiger partial charge in [-0.15, -0.1) is 0 Å². The highest BCUT2D eigenvalue weighted by atomic mass is 127. The van der Waals surface area contributed by atoms with Crippen LogP contribution in [0.1, 0.15) is 28.7 Å². The van der Waals surface area contributed by atoms with Crippen LogP contribution in [0, 0.1) is 3.57 Å². The third-order valence-electron chi connectivity index (χ3n) is 6.19. The number of halogens is 1. The Hall–Kier alpha value is -3.45. The minimum absolute atomic E-state index is 0.0706.